The standard InChI is InChI=1S/C23H29NO6/c1-26-21-8-5-9-22(27-2)23(21)30-18-11-10-15(12-17(18)25)24-13-16-14-28-19-6-3-4-7-20(19)29-16/h3-9,15-18,24-25H,10-14H2,1-2H3/t15-,16-,17-,18-/m1/s1. The number of para-hydroxylation sites is 3. The molecule has 1 aliphatic heterocycles. The highest BCUT2D eigenvalue weighted by atomic mass is 16.6. The third-order valence-corrected chi connectivity index (χ3v) is 5.61. The summed E-state index contributed by atoms with van der Waals surface area (Å²) in [7, 11) is 3.18. The van der Waals surface area contributed by atoms with Crippen molar-refractivity contribution in [3.8, 4) is 28.7 Å². The molecule has 0 saturated heterocycles. The van der Waals surface area contributed by atoms with Crippen LogP contribution in [0.1, 0.15) is 19.3 Å². The van der Waals surface area contributed by atoms with Crippen molar-refractivity contribution in [3.63, 3.8) is 0 Å². The molecule has 7 nitrogen and oxygen atoms in total. The molecule has 30 heavy (non-hydrogen) atoms. The molecule has 1 aliphatic carbocycles. The molecular formula is C23H29NO6. The Morgan fingerprint density at radius 2 is 1.73 bits per heavy atom. The van der Waals surface area contributed by atoms with Gasteiger partial charge in [0.1, 0.15) is 18.8 Å². The van der Waals surface area contributed by atoms with Gasteiger partial charge in [-0.1, -0.05) is 18.2 Å². The SMILES string of the molecule is COc1cccc(OC)c1O[C@@H]1CC[C@@H](NC[C@@H]2COc3ccccc3O2)C[C@H]1O. The van der Waals surface area contributed by atoms with Gasteiger partial charge in [-0.25, -0.2) is 0 Å². The van der Waals surface area contributed by atoms with Gasteiger partial charge >= 0.3 is 0 Å². The van der Waals surface area contributed by atoms with E-state index in [1.165, 1.54) is 0 Å². The minimum absolute atomic E-state index is 0.0520. The van der Waals surface area contributed by atoms with Crippen molar-refractivity contribution in [2.45, 2.75) is 43.6 Å². The van der Waals surface area contributed by atoms with Crippen molar-refractivity contribution in [3.05, 3.63) is 42.5 Å². The van der Waals surface area contributed by atoms with Crippen LogP contribution in [0.2, 0.25) is 0 Å². The molecule has 2 aromatic rings. The topological polar surface area (TPSA) is 78.4 Å². The summed E-state index contributed by atoms with van der Waals surface area (Å²) in [6.45, 7) is 1.18. The Bertz CT molecular complexity index is 822. The maximum Gasteiger partial charge on any atom is 0.203 e. The molecule has 0 spiro atoms. The number of methoxy groups -OCH3 is 2. The highest BCUT2D eigenvalue weighted by Crippen LogP contribution is 2.39. The second-order valence-electron chi connectivity index (χ2n) is 7.63. The molecule has 1 fully saturated rings. The van der Waals surface area contributed by atoms with Gasteiger partial charge in [0.15, 0.2) is 23.0 Å². The monoisotopic (exact) mass is 415 g/mol. The lowest BCUT2D eigenvalue weighted by atomic mass is 9.90. The number of aliphatic hydroxyl groups is 1. The Hall–Kier alpha value is -2.64. The van der Waals surface area contributed by atoms with Crippen molar-refractivity contribution in [2.75, 3.05) is 27.4 Å². The molecule has 4 rings (SSSR count). The Morgan fingerprint density at radius 1 is 1.00 bits per heavy atom. The summed E-state index contributed by atoms with van der Waals surface area (Å²) in [6.07, 6.45) is 1.27. The number of aliphatic hydroxyl groups excluding tert-OH is 1. The van der Waals surface area contributed by atoms with E-state index in [0.717, 1.165) is 24.3 Å². The fraction of sp³-hybridized carbons (Fsp3) is 0.478. The predicted octanol–water partition coefficient (Wildman–Crippen LogP) is 2.79. The summed E-state index contributed by atoms with van der Waals surface area (Å²) >= 11 is 0. The smallest absolute Gasteiger partial charge is 0.203 e. The largest absolute Gasteiger partial charge is 0.493 e. The molecule has 0 amide bonds. The van der Waals surface area contributed by atoms with E-state index < -0.39 is 6.10 Å². The summed E-state index contributed by atoms with van der Waals surface area (Å²) in [4.78, 5) is 0. The lowest BCUT2D eigenvalue weighted by Gasteiger charge is -2.35. The van der Waals surface area contributed by atoms with Crippen molar-refractivity contribution in [1.29, 1.82) is 0 Å². The maximum absolute atomic E-state index is 10.7. The molecule has 1 saturated carbocycles. The zero-order valence-electron chi connectivity index (χ0n) is 17.4. The third kappa shape index (κ3) is 4.57. The quantitative estimate of drug-likeness (QED) is 0.720. The average molecular weight is 415 g/mol. The van der Waals surface area contributed by atoms with Gasteiger partial charge in [-0.05, 0) is 43.5 Å². The summed E-state index contributed by atoms with van der Waals surface area (Å²) in [5.74, 6) is 3.28. The molecular weight excluding hydrogens is 386 g/mol. The van der Waals surface area contributed by atoms with E-state index in [1.807, 2.05) is 42.5 Å². The van der Waals surface area contributed by atoms with Crippen molar-refractivity contribution >= 4 is 0 Å². The molecule has 4 atom stereocenters. The van der Waals surface area contributed by atoms with Gasteiger partial charge < -0.3 is 34.1 Å². The molecule has 2 aromatic carbocycles. The fourth-order valence-corrected chi connectivity index (χ4v) is 3.99. The first-order valence-electron chi connectivity index (χ1n) is 10.4. The van der Waals surface area contributed by atoms with Crippen LogP contribution in [0, 0.1) is 0 Å². The average Bonchev–Trinajstić information content (AvgIpc) is 2.79. The van der Waals surface area contributed by atoms with Crippen LogP contribution < -0.4 is 29.0 Å². The molecule has 0 unspecified atom stereocenters. The predicted molar refractivity (Wildman–Crippen MR) is 112 cm³/mol. The first kappa shape index (κ1) is 20.6. The number of hydrogen-bond donors (Lipinski definition) is 2. The normalized spacial score (nSPS) is 25.4. The van der Waals surface area contributed by atoms with E-state index in [4.69, 9.17) is 23.7 Å². The van der Waals surface area contributed by atoms with E-state index >= 15 is 0 Å². The van der Waals surface area contributed by atoms with Crippen molar-refractivity contribution in [1.82, 2.24) is 5.32 Å². The van der Waals surface area contributed by atoms with Gasteiger partial charge in [0, 0.05) is 12.6 Å². The Morgan fingerprint density at radius 3 is 2.43 bits per heavy atom. The third-order valence-electron chi connectivity index (χ3n) is 5.61. The molecule has 1 heterocycles. The number of rotatable bonds is 7. The lowest BCUT2D eigenvalue weighted by molar-refractivity contribution is -0.00749. The van der Waals surface area contributed by atoms with Crippen molar-refractivity contribution in [2.24, 2.45) is 0 Å². The van der Waals surface area contributed by atoms with E-state index in [1.54, 1.807) is 14.2 Å². The first-order valence-corrected chi connectivity index (χ1v) is 10.4. The van der Waals surface area contributed by atoms with Crippen LogP contribution >= 0.6 is 0 Å². The van der Waals surface area contributed by atoms with Gasteiger partial charge in [0.2, 0.25) is 5.75 Å². The summed E-state index contributed by atoms with van der Waals surface area (Å²) in [6, 6.07) is 13.4. The molecule has 162 valence electrons. The van der Waals surface area contributed by atoms with Crippen LogP contribution in [0.15, 0.2) is 42.5 Å². The second kappa shape index (κ2) is 9.45. The van der Waals surface area contributed by atoms with Crippen LogP contribution in [0.4, 0.5) is 0 Å². The van der Waals surface area contributed by atoms with Crippen LogP contribution in [0.25, 0.3) is 0 Å². The zero-order valence-corrected chi connectivity index (χ0v) is 17.4. The van der Waals surface area contributed by atoms with E-state index in [0.29, 0.717) is 36.8 Å². The van der Waals surface area contributed by atoms with Crippen LogP contribution in [-0.4, -0.2) is 56.8 Å². The number of hydrogen-bond acceptors (Lipinski definition) is 7. The second-order valence-corrected chi connectivity index (χ2v) is 7.63. The van der Waals surface area contributed by atoms with Crippen molar-refractivity contribution < 1.29 is 28.8 Å². The van der Waals surface area contributed by atoms with Gasteiger partial charge in [-0.3, -0.25) is 0 Å². The number of fused-ring (bicyclic) bond motifs is 1. The van der Waals surface area contributed by atoms with Gasteiger partial charge in [-0.15, -0.1) is 0 Å². The number of benzene rings is 2. The fourth-order valence-electron chi connectivity index (χ4n) is 3.99. The molecule has 7 heteroatoms. The van der Waals surface area contributed by atoms with E-state index in [2.05, 4.69) is 5.32 Å². The van der Waals surface area contributed by atoms with Gasteiger partial charge in [0.25, 0.3) is 0 Å². The zero-order chi connectivity index (χ0) is 20.9. The maximum atomic E-state index is 10.7. The van der Waals surface area contributed by atoms with Crippen LogP contribution in [-0.2, 0) is 0 Å². The Kier molecular flexibility index (Phi) is 6.50. The molecule has 0 aromatic heterocycles. The number of nitrogens with one attached hydrogen (secondary N) is 1. The lowest BCUT2D eigenvalue weighted by Crippen LogP contribution is -2.48. The minimum Gasteiger partial charge on any atom is -0.493 e. The Labute approximate surface area is 176 Å². The molecule has 2 aliphatic rings. The van der Waals surface area contributed by atoms with Crippen LogP contribution in [0.3, 0.4) is 0 Å². The highest BCUT2D eigenvalue weighted by Gasteiger charge is 2.32. The minimum atomic E-state index is -0.588. The number of ether oxygens (including phenoxy) is 5. The van der Waals surface area contributed by atoms with Gasteiger partial charge in [-0.2, -0.15) is 0 Å². The summed E-state index contributed by atoms with van der Waals surface area (Å²) in [5.41, 5.74) is 0. The van der Waals surface area contributed by atoms with Crippen LogP contribution in [0.5, 0.6) is 28.7 Å². The summed E-state index contributed by atoms with van der Waals surface area (Å²) in [5, 5.41) is 14.2. The molecule has 2 N–H and O–H groups in total. The molecule has 0 bridgehead atoms. The van der Waals surface area contributed by atoms with E-state index in [9.17, 15) is 5.11 Å². The van der Waals surface area contributed by atoms with E-state index in [-0.39, 0.29) is 18.2 Å². The summed E-state index contributed by atoms with van der Waals surface area (Å²) < 4.78 is 28.7. The first-order chi connectivity index (χ1) is 14.7. The highest BCUT2D eigenvalue weighted by molar-refractivity contribution is 5.51. The van der Waals surface area contributed by atoms with Gasteiger partial charge in [0.05, 0.1) is 20.3 Å². The molecule has 0 radical (unpaired) electrons. The Balaban J connectivity index is 1.29.